The number of ether oxygens (including phenoxy) is 2. The van der Waals surface area contributed by atoms with Gasteiger partial charge >= 0.3 is 0 Å². The largest absolute Gasteiger partial charge is 0.493 e. The van der Waals surface area contributed by atoms with E-state index >= 15 is 0 Å². The molecule has 0 fully saturated rings. The van der Waals surface area contributed by atoms with Gasteiger partial charge in [0, 0.05) is 38.9 Å². The number of nitrogens with zero attached hydrogens (tertiary/aromatic N) is 4. The number of benzene rings is 2. The number of methoxy groups -OCH3 is 1. The highest BCUT2D eigenvalue weighted by atomic mass is 127. The maximum Gasteiger partial charge on any atom is 0.196 e. The molecule has 0 saturated carbocycles. The molecule has 0 aliphatic carbocycles. The summed E-state index contributed by atoms with van der Waals surface area (Å²) in [5, 5.41) is 15.2. The fourth-order valence-electron chi connectivity index (χ4n) is 3.08. The molecule has 3 aromatic rings. The van der Waals surface area contributed by atoms with Gasteiger partial charge in [0.25, 0.3) is 0 Å². The first-order valence-corrected chi connectivity index (χ1v) is 10.8. The summed E-state index contributed by atoms with van der Waals surface area (Å²) in [7, 11) is 3.63. The number of hydrogen-bond donors (Lipinski definition) is 2. The SMILES string of the molecule is COCCCOc1cccc(NC(=NCc2nnc(C)n2C)NC(C)c2ccccc2)c1.I. The lowest BCUT2D eigenvalue weighted by atomic mass is 10.1. The van der Waals surface area contributed by atoms with Crippen molar-refractivity contribution < 1.29 is 9.47 Å². The lowest BCUT2D eigenvalue weighted by molar-refractivity contribution is 0.172. The van der Waals surface area contributed by atoms with Gasteiger partial charge in [-0.25, -0.2) is 4.99 Å². The summed E-state index contributed by atoms with van der Waals surface area (Å²) in [5.41, 5.74) is 2.06. The number of aromatic nitrogens is 3. The monoisotopic (exact) mass is 564 g/mol. The number of guanidine groups is 1. The minimum atomic E-state index is 0. The number of aliphatic imine (C=N–C) groups is 1. The first-order chi connectivity index (χ1) is 15.6. The van der Waals surface area contributed by atoms with Crippen LogP contribution in [0.3, 0.4) is 0 Å². The van der Waals surface area contributed by atoms with E-state index in [0.717, 1.165) is 29.5 Å². The van der Waals surface area contributed by atoms with E-state index in [1.165, 1.54) is 5.56 Å². The second kappa shape index (κ2) is 13.8. The van der Waals surface area contributed by atoms with Gasteiger partial charge in [-0.1, -0.05) is 36.4 Å². The molecule has 9 heteroatoms. The summed E-state index contributed by atoms with van der Waals surface area (Å²) in [4.78, 5) is 4.76. The van der Waals surface area contributed by atoms with Crippen molar-refractivity contribution in [2.75, 3.05) is 25.6 Å². The third-order valence-electron chi connectivity index (χ3n) is 5.07. The third kappa shape index (κ3) is 8.32. The molecule has 0 spiro atoms. The Balaban J connectivity index is 0.00000385. The van der Waals surface area contributed by atoms with Gasteiger partial charge in [0.15, 0.2) is 11.8 Å². The highest BCUT2D eigenvalue weighted by Crippen LogP contribution is 2.18. The van der Waals surface area contributed by atoms with E-state index < -0.39 is 0 Å². The van der Waals surface area contributed by atoms with Crippen LogP contribution in [0.5, 0.6) is 5.75 Å². The van der Waals surface area contributed by atoms with Crippen molar-refractivity contribution in [2.24, 2.45) is 12.0 Å². The van der Waals surface area contributed by atoms with E-state index in [4.69, 9.17) is 14.5 Å². The molecule has 2 aromatic carbocycles. The predicted octanol–water partition coefficient (Wildman–Crippen LogP) is 4.48. The Morgan fingerprint density at radius 2 is 1.88 bits per heavy atom. The van der Waals surface area contributed by atoms with Gasteiger partial charge in [-0.05, 0) is 31.5 Å². The fraction of sp³-hybridized carbons (Fsp3) is 0.375. The Hall–Kier alpha value is -2.66. The fourth-order valence-corrected chi connectivity index (χ4v) is 3.08. The Kier molecular flexibility index (Phi) is 11.1. The highest BCUT2D eigenvalue weighted by molar-refractivity contribution is 14.0. The average Bonchev–Trinajstić information content (AvgIpc) is 3.13. The minimum absolute atomic E-state index is 0. The molecule has 33 heavy (non-hydrogen) atoms. The highest BCUT2D eigenvalue weighted by Gasteiger charge is 2.10. The van der Waals surface area contributed by atoms with E-state index in [9.17, 15) is 0 Å². The number of rotatable bonds is 10. The van der Waals surface area contributed by atoms with Crippen molar-refractivity contribution in [1.29, 1.82) is 0 Å². The Morgan fingerprint density at radius 1 is 1.09 bits per heavy atom. The summed E-state index contributed by atoms with van der Waals surface area (Å²) < 4.78 is 12.8. The molecule has 0 bridgehead atoms. The first kappa shape index (κ1) is 26.6. The number of halogens is 1. The Morgan fingerprint density at radius 3 is 2.58 bits per heavy atom. The van der Waals surface area contributed by atoms with Gasteiger partial charge in [-0.3, -0.25) is 0 Å². The second-order valence-corrected chi connectivity index (χ2v) is 7.51. The van der Waals surface area contributed by atoms with E-state index in [1.807, 2.05) is 61.0 Å². The normalized spacial score (nSPS) is 12.1. The molecular formula is C24H33IN6O2. The van der Waals surface area contributed by atoms with Gasteiger partial charge in [0.1, 0.15) is 18.1 Å². The molecule has 0 amide bonds. The van der Waals surface area contributed by atoms with E-state index in [1.54, 1.807) is 7.11 Å². The Labute approximate surface area is 212 Å². The summed E-state index contributed by atoms with van der Waals surface area (Å²) >= 11 is 0. The number of nitrogens with one attached hydrogen (secondary N) is 2. The van der Waals surface area contributed by atoms with Crippen LogP contribution in [-0.4, -0.2) is 41.0 Å². The molecule has 0 radical (unpaired) electrons. The zero-order valence-corrected chi connectivity index (χ0v) is 21.9. The van der Waals surface area contributed by atoms with Gasteiger partial charge in [0.05, 0.1) is 12.6 Å². The van der Waals surface area contributed by atoms with Crippen molar-refractivity contribution >= 4 is 35.6 Å². The molecule has 0 saturated heterocycles. The molecule has 178 valence electrons. The van der Waals surface area contributed by atoms with Crippen molar-refractivity contribution in [3.63, 3.8) is 0 Å². The van der Waals surface area contributed by atoms with Gasteiger partial charge in [-0.15, -0.1) is 34.2 Å². The molecule has 0 aliphatic rings. The summed E-state index contributed by atoms with van der Waals surface area (Å²) in [6, 6.07) is 18.2. The quantitative estimate of drug-likeness (QED) is 0.164. The Bertz CT molecular complexity index is 1010. The van der Waals surface area contributed by atoms with E-state index in [0.29, 0.717) is 25.7 Å². The molecule has 0 aliphatic heterocycles. The van der Waals surface area contributed by atoms with Crippen molar-refractivity contribution in [3.8, 4) is 5.75 Å². The summed E-state index contributed by atoms with van der Waals surface area (Å²) in [6.07, 6.45) is 0.841. The van der Waals surface area contributed by atoms with Crippen LogP contribution in [0, 0.1) is 6.92 Å². The van der Waals surface area contributed by atoms with Crippen molar-refractivity contribution in [1.82, 2.24) is 20.1 Å². The topological polar surface area (TPSA) is 85.6 Å². The maximum atomic E-state index is 5.83. The lowest BCUT2D eigenvalue weighted by Crippen LogP contribution is -2.33. The molecule has 3 rings (SSSR count). The molecule has 8 nitrogen and oxygen atoms in total. The standard InChI is InChI=1S/C24H32N6O2.HI/c1-18(20-10-6-5-7-11-20)26-24(25-17-23-29-28-19(2)30(23)3)27-21-12-8-13-22(16-21)32-15-9-14-31-4;/h5-8,10-13,16,18H,9,14-15,17H2,1-4H3,(H2,25,26,27);1H. The lowest BCUT2D eigenvalue weighted by Gasteiger charge is -2.19. The summed E-state index contributed by atoms with van der Waals surface area (Å²) in [6.45, 7) is 5.72. The third-order valence-corrected chi connectivity index (χ3v) is 5.07. The molecule has 2 N–H and O–H groups in total. The number of anilines is 1. The van der Waals surface area contributed by atoms with E-state index in [2.05, 4.69) is 39.9 Å². The van der Waals surface area contributed by atoms with Crippen molar-refractivity contribution in [2.45, 2.75) is 32.9 Å². The molecular weight excluding hydrogens is 531 g/mol. The van der Waals surface area contributed by atoms with Gasteiger partial charge < -0.3 is 24.7 Å². The van der Waals surface area contributed by atoms with Crippen molar-refractivity contribution in [3.05, 3.63) is 71.8 Å². The van der Waals surface area contributed by atoms with Gasteiger partial charge in [-0.2, -0.15) is 0 Å². The molecule has 1 aromatic heterocycles. The zero-order valence-electron chi connectivity index (χ0n) is 19.6. The van der Waals surface area contributed by atoms with Crippen LogP contribution in [0.2, 0.25) is 0 Å². The minimum Gasteiger partial charge on any atom is -0.493 e. The maximum absolute atomic E-state index is 5.83. The number of aryl methyl sites for hydroxylation is 1. The summed E-state index contributed by atoms with van der Waals surface area (Å²) in [5.74, 6) is 3.10. The van der Waals surface area contributed by atoms with Crippen LogP contribution < -0.4 is 15.4 Å². The van der Waals surface area contributed by atoms with Crippen LogP contribution in [0.4, 0.5) is 5.69 Å². The molecule has 1 atom stereocenters. The second-order valence-electron chi connectivity index (χ2n) is 7.51. The smallest absolute Gasteiger partial charge is 0.196 e. The zero-order chi connectivity index (χ0) is 22.8. The van der Waals surface area contributed by atoms with Crippen LogP contribution in [0.1, 0.15) is 36.6 Å². The van der Waals surface area contributed by atoms with Crippen LogP contribution in [-0.2, 0) is 18.3 Å². The molecule has 1 unspecified atom stereocenters. The predicted molar refractivity (Wildman–Crippen MR) is 142 cm³/mol. The number of hydrogen-bond acceptors (Lipinski definition) is 5. The molecule has 1 heterocycles. The van der Waals surface area contributed by atoms with Crippen LogP contribution in [0.15, 0.2) is 59.6 Å². The first-order valence-electron chi connectivity index (χ1n) is 10.8. The van der Waals surface area contributed by atoms with Gasteiger partial charge in [0.2, 0.25) is 0 Å². The van der Waals surface area contributed by atoms with Crippen LogP contribution >= 0.6 is 24.0 Å². The van der Waals surface area contributed by atoms with E-state index in [-0.39, 0.29) is 30.0 Å². The average molecular weight is 564 g/mol. The van der Waals surface area contributed by atoms with Crippen LogP contribution in [0.25, 0.3) is 0 Å².